The van der Waals surface area contributed by atoms with Gasteiger partial charge >= 0.3 is 5.69 Å². The number of amides is 1. The Morgan fingerprint density at radius 2 is 2.08 bits per heavy atom. The maximum absolute atomic E-state index is 12.5. The number of rotatable bonds is 3. The van der Waals surface area contributed by atoms with Gasteiger partial charge in [-0.15, -0.1) is 11.3 Å². The number of thiophene rings is 1. The first-order chi connectivity index (χ1) is 11.5. The van der Waals surface area contributed by atoms with E-state index in [1.165, 1.54) is 29.1 Å². The third-order valence-electron chi connectivity index (χ3n) is 4.45. The van der Waals surface area contributed by atoms with Gasteiger partial charge in [-0.1, -0.05) is 6.07 Å². The molecule has 0 aliphatic carbocycles. The van der Waals surface area contributed by atoms with Crippen molar-refractivity contribution >= 4 is 17.2 Å². The minimum atomic E-state index is -0.663. The Bertz CT molecular complexity index is 832. The summed E-state index contributed by atoms with van der Waals surface area (Å²) >= 11 is 1.53. The van der Waals surface area contributed by atoms with Crippen LogP contribution in [0.15, 0.2) is 33.3 Å². The highest BCUT2D eigenvalue weighted by atomic mass is 32.1. The number of aryl methyl sites for hydroxylation is 1. The Kier molecular flexibility index (Phi) is 4.68. The topological polar surface area (TPSA) is 95.4 Å². The molecule has 0 bridgehead atoms. The fourth-order valence-corrected chi connectivity index (χ4v) is 3.80. The first-order valence-electron chi connectivity index (χ1n) is 7.78. The molecule has 8 heteroatoms. The number of piperidine rings is 1. The van der Waals surface area contributed by atoms with E-state index in [0.717, 1.165) is 4.88 Å². The number of H-pyrrole nitrogens is 1. The molecule has 2 N–H and O–H groups in total. The zero-order valence-electron chi connectivity index (χ0n) is 13.3. The van der Waals surface area contributed by atoms with E-state index in [-0.39, 0.29) is 17.4 Å². The van der Waals surface area contributed by atoms with Crippen molar-refractivity contribution in [3.8, 4) is 0 Å². The second-order valence-electron chi connectivity index (χ2n) is 6.00. The summed E-state index contributed by atoms with van der Waals surface area (Å²) in [6.07, 6.45) is 2.11. The van der Waals surface area contributed by atoms with E-state index >= 15 is 0 Å². The van der Waals surface area contributed by atoms with E-state index in [1.54, 1.807) is 4.90 Å². The fourth-order valence-electron chi connectivity index (χ4n) is 3.00. The van der Waals surface area contributed by atoms with Gasteiger partial charge in [-0.3, -0.25) is 14.6 Å². The van der Waals surface area contributed by atoms with E-state index in [2.05, 4.69) is 4.98 Å². The molecule has 1 aliphatic heterocycles. The largest absolute Gasteiger partial charge is 0.387 e. The molecule has 1 fully saturated rings. The van der Waals surface area contributed by atoms with Crippen molar-refractivity contribution in [2.75, 3.05) is 13.1 Å². The Labute approximate surface area is 142 Å². The summed E-state index contributed by atoms with van der Waals surface area (Å²) in [6, 6.07) is 3.82. The summed E-state index contributed by atoms with van der Waals surface area (Å²) in [5, 5.41) is 12.3. The highest BCUT2D eigenvalue weighted by Gasteiger charge is 2.30. The van der Waals surface area contributed by atoms with Crippen molar-refractivity contribution < 1.29 is 9.90 Å². The van der Waals surface area contributed by atoms with E-state index in [4.69, 9.17) is 0 Å². The maximum atomic E-state index is 12.5. The number of aliphatic hydroxyl groups excluding tert-OH is 1. The van der Waals surface area contributed by atoms with Gasteiger partial charge in [-0.25, -0.2) is 4.79 Å². The monoisotopic (exact) mass is 349 g/mol. The molecule has 2 aromatic heterocycles. The number of aromatic nitrogens is 2. The maximum Gasteiger partial charge on any atom is 0.328 e. The number of nitrogens with zero attached hydrogens (tertiary/aromatic N) is 2. The van der Waals surface area contributed by atoms with Crippen molar-refractivity contribution in [2.45, 2.75) is 18.9 Å². The Morgan fingerprint density at radius 3 is 2.71 bits per heavy atom. The molecule has 0 spiro atoms. The minimum Gasteiger partial charge on any atom is -0.387 e. The van der Waals surface area contributed by atoms with Crippen molar-refractivity contribution in [3.05, 3.63) is 55.0 Å². The minimum absolute atomic E-state index is 0.0330. The summed E-state index contributed by atoms with van der Waals surface area (Å²) in [6.45, 7) is 0.961. The van der Waals surface area contributed by atoms with Crippen LogP contribution in [0, 0.1) is 5.92 Å². The smallest absolute Gasteiger partial charge is 0.328 e. The average molecular weight is 349 g/mol. The summed E-state index contributed by atoms with van der Waals surface area (Å²) in [5.74, 6) is -0.276. The molecule has 1 atom stereocenters. The Morgan fingerprint density at radius 1 is 1.38 bits per heavy atom. The number of carbonyl (C=O) groups is 1. The van der Waals surface area contributed by atoms with Crippen LogP contribution in [-0.2, 0) is 7.05 Å². The highest BCUT2D eigenvalue weighted by molar-refractivity contribution is 7.10. The van der Waals surface area contributed by atoms with Crippen LogP contribution in [0.2, 0.25) is 0 Å². The molecular weight excluding hydrogens is 330 g/mol. The van der Waals surface area contributed by atoms with Crippen LogP contribution >= 0.6 is 11.3 Å². The van der Waals surface area contributed by atoms with Crippen LogP contribution in [-0.4, -0.2) is 38.6 Å². The van der Waals surface area contributed by atoms with Crippen LogP contribution in [0.25, 0.3) is 0 Å². The van der Waals surface area contributed by atoms with Gasteiger partial charge < -0.3 is 14.6 Å². The van der Waals surface area contributed by atoms with Gasteiger partial charge in [0.15, 0.2) is 0 Å². The number of hydrogen-bond donors (Lipinski definition) is 2. The lowest BCUT2D eigenvalue weighted by Crippen LogP contribution is -2.43. The number of nitrogens with one attached hydrogen (secondary N) is 1. The Balaban J connectivity index is 1.68. The van der Waals surface area contributed by atoms with Crippen LogP contribution in [0.3, 0.4) is 0 Å². The predicted octanol–water partition coefficient (Wildman–Crippen LogP) is 0.721. The van der Waals surface area contributed by atoms with E-state index < -0.39 is 17.4 Å². The van der Waals surface area contributed by atoms with Crippen LogP contribution < -0.4 is 11.2 Å². The summed E-state index contributed by atoms with van der Waals surface area (Å²) in [5.41, 5.74) is -1.24. The number of carbonyl (C=O) groups excluding carboxylic acids is 1. The first kappa shape index (κ1) is 16.7. The summed E-state index contributed by atoms with van der Waals surface area (Å²) in [4.78, 5) is 40.4. The molecule has 2 aromatic rings. The van der Waals surface area contributed by atoms with E-state index in [0.29, 0.717) is 25.9 Å². The molecule has 1 aliphatic rings. The third kappa shape index (κ3) is 3.20. The molecule has 24 heavy (non-hydrogen) atoms. The quantitative estimate of drug-likeness (QED) is 0.853. The average Bonchev–Trinajstić information content (AvgIpc) is 3.11. The van der Waals surface area contributed by atoms with Crippen LogP contribution in [0.4, 0.5) is 0 Å². The van der Waals surface area contributed by atoms with Crippen molar-refractivity contribution in [3.63, 3.8) is 0 Å². The number of likely N-dealkylation sites (tertiary alicyclic amines) is 1. The fraction of sp³-hybridized carbons (Fsp3) is 0.438. The highest BCUT2D eigenvalue weighted by Crippen LogP contribution is 2.33. The molecule has 1 saturated heterocycles. The molecule has 0 aromatic carbocycles. The van der Waals surface area contributed by atoms with Crippen molar-refractivity contribution in [1.82, 2.24) is 14.5 Å². The summed E-state index contributed by atoms with van der Waals surface area (Å²) in [7, 11) is 1.48. The third-order valence-corrected chi connectivity index (χ3v) is 5.39. The molecule has 0 saturated carbocycles. The van der Waals surface area contributed by atoms with E-state index in [9.17, 15) is 19.5 Å². The lowest BCUT2D eigenvalue weighted by atomic mass is 9.90. The molecule has 1 amide bonds. The van der Waals surface area contributed by atoms with Crippen LogP contribution in [0.1, 0.15) is 34.2 Å². The van der Waals surface area contributed by atoms with Gasteiger partial charge in [0, 0.05) is 31.2 Å². The van der Waals surface area contributed by atoms with Crippen molar-refractivity contribution in [1.29, 1.82) is 0 Å². The molecule has 7 nitrogen and oxygen atoms in total. The SMILES string of the molecule is Cn1cc(C(=O)N2CCC(C(O)c3cccs3)CC2)c(=O)[nH]c1=O. The van der Waals surface area contributed by atoms with Gasteiger partial charge in [0.05, 0.1) is 6.10 Å². The van der Waals surface area contributed by atoms with E-state index in [1.807, 2.05) is 17.5 Å². The molecule has 0 radical (unpaired) electrons. The van der Waals surface area contributed by atoms with Gasteiger partial charge in [-0.05, 0) is 30.2 Å². The lowest BCUT2D eigenvalue weighted by molar-refractivity contribution is 0.0472. The van der Waals surface area contributed by atoms with Gasteiger partial charge in [-0.2, -0.15) is 0 Å². The second kappa shape index (κ2) is 6.74. The van der Waals surface area contributed by atoms with Gasteiger partial charge in [0.2, 0.25) is 0 Å². The molecule has 3 heterocycles. The molecular formula is C16H19N3O4S. The van der Waals surface area contributed by atoms with Crippen LogP contribution in [0.5, 0.6) is 0 Å². The second-order valence-corrected chi connectivity index (χ2v) is 6.98. The summed E-state index contributed by atoms with van der Waals surface area (Å²) < 4.78 is 1.18. The molecule has 3 rings (SSSR count). The normalized spacial score (nSPS) is 17.0. The zero-order chi connectivity index (χ0) is 17.3. The number of aromatic amines is 1. The van der Waals surface area contributed by atoms with Gasteiger partial charge in [0.1, 0.15) is 5.56 Å². The predicted molar refractivity (Wildman–Crippen MR) is 90.2 cm³/mol. The van der Waals surface area contributed by atoms with Gasteiger partial charge in [0.25, 0.3) is 11.5 Å². The number of hydrogen-bond acceptors (Lipinski definition) is 5. The molecule has 128 valence electrons. The molecule has 1 unspecified atom stereocenters. The zero-order valence-corrected chi connectivity index (χ0v) is 14.1. The standard InChI is InChI=1S/C16H19N3O4S/c1-18-9-11(14(21)17-16(18)23)15(22)19-6-4-10(5-7-19)13(20)12-3-2-8-24-12/h2-3,8-10,13,20H,4-7H2,1H3,(H,17,21,23). The van der Waals surface area contributed by atoms with Crippen molar-refractivity contribution in [2.24, 2.45) is 13.0 Å². The lowest BCUT2D eigenvalue weighted by Gasteiger charge is -2.33. The number of aliphatic hydroxyl groups is 1. The Hall–Kier alpha value is -2.19. The first-order valence-corrected chi connectivity index (χ1v) is 8.66.